The third-order valence-electron chi connectivity index (χ3n) is 4.81. The van der Waals surface area contributed by atoms with Crippen molar-refractivity contribution < 1.29 is 18.7 Å². The van der Waals surface area contributed by atoms with Gasteiger partial charge in [0.05, 0.1) is 25.2 Å². The Bertz CT molecular complexity index is 1230. The largest absolute Gasteiger partial charge is 0.494 e. The lowest BCUT2D eigenvalue weighted by molar-refractivity contribution is 0.0987. The van der Waals surface area contributed by atoms with Crippen LogP contribution in [-0.4, -0.2) is 37.6 Å². The Morgan fingerprint density at radius 2 is 1.91 bits per heavy atom. The fourth-order valence-corrected chi connectivity index (χ4v) is 3.06. The first kappa shape index (κ1) is 21.9. The first-order valence-electron chi connectivity index (χ1n) is 10.1. The first-order chi connectivity index (χ1) is 16.1. The van der Waals surface area contributed by atoms with E-state index in [1.807, 2.05) is 24.3 Å². The minimum atomic E-state index is -0.571. The minimum absolute atomic E-state index is 0.00136. The van der Waals surface area contributed by atoms with Crippen molar-refractivity contribution in [3.05, 3.63) is 78.4 Å². The first-order valence-corrected chi connectivity index (χ1v) is 10.1. The van der Waals surface area contributed by atoms with Crippen molar-refractivity contribution in [2.24, 2.45) is 0 Å². The fraction of sp³-hybridized carbons (Fsp3) is 0.174. The Balaban J connectivity index is 1.40. The standard InChI is InChI=1S/C23H21FN6O3/c1-3-20(31)15-8-16(22(24)21(9-15)32-2)12-33-19-10-26-23(27-11-19)29-17-4-6-18(7-5-17)30-14-25-13-28-30/h4-11,13-14H,3,12H2,1-2H3,(H,26,27,29). The highest BCUT2D eigenvalue weighted by atomic mass is 19.1. The summed E-state index contributed by atoms with van der Waals surface area (Å²) in [4.78, 5) is 24.4. The van der Waals surface area contributed by atoms with Gasteiger partial charge in [0.25, 0.3) is 0 Å². The normalized spacial score (nSPS) is 10.6. The summed E-state index contributed by atoms with van der Waals surface area (Å²) in [6.45, 7) is 1.64. The number of anilines is 2. The number of halogens is 1. The number of methoxy groups -OCH3 is 1. The maximum absolute atomic E-state index is 14.6. The summed E-state index contributed by atoms with van der Waals surface area (Å²) in [6.07, 6.45) is 6.35. The maximum atomic E-state index is 14.6. The SMILES string of the molecule is CCC(=O)c1cc(COc2cnc(Nc3ccc(-n4cncn4)cc3)nc2)c(F)c(OC)c1. The monoisotopic (exact) mass is 448 g/mol. The second kappa shape index (κ2) is 9.86. The van der Waals surface area contributed by atoms with Crippen LogP contribution in [0.5, 0.6) is 11.5 Å². The molecule has 4 aromatic rings. The molecule has 0 saturated heterocycles. The second-order valence-corrected chi connectivity index (χ2v) is 6.97. The Morgan fingerprint density at radius 3 is 2.55 bits per heavy atom. The Morgan fingerprint density at radius 1 is 1.15 bits per heavy atom. The Kier molecular flexibility index (Phi) is 6.53. The van der Waals surface area contributed by atoms with Gasteiger partial charge >= 0.3 is 0 Å². The Hall–Kier alpha value is -4.34. The molecular weight excluding hydrogens is 427 g/mol. The van der Waals surface area contributed by atoms with Crippen LogP contribution in [0.3, 0.4) is 0 Å². The van der Waals surface area contributed by atoms with Crippen molar-refractivity contribution >= 4 is 17.4 Å². The third kappa shape index (κ3) is 5.12. The van der Waals surface area contributed by atoms with E-state index in [1.165, 1.54) is 38.0 Å². The van der Waals surface area contributed by atoms with Gasteiger partial charge in [0.2, 0.25) is 5.95 Å². The van der Waals surface area contributed by atoms with Crippen molar-refractivity contribution in [3.8, 4) is 17.2 Å². The number of ketones is 1. The van der Waals surface area contributed by atoms with E-state index >= 15 is 0 Å². The summed E-state index contributed by atoms with van der Waals surface area (Å²) in [5.74, 6) is 0.0479. The molecule has 0 unspecified atom stereocenters. The molecule has 2 heterocycles. The van der Waals surface area contributed by atoms with Crippen LogP contribution < -0.4 is 14.8 Å². The van der Waals surface area contributed by atoms with E-state index in [2.05, 4.69) is 25.4 Å². The number of ether oxygens (including phenoxy) is 2. The van der Waals surface area contributed by atoms with Gasteiger partial charge in [-0.05, 0) is 36.4 Å². The smallest absolute Gasteiger partial charge is 0.227 e. The molecule has 168 valence electrons. The van der Waals surface area contributed by atoms with Crippen molar-refractivity contribution in [2.75, 3.05) is 12.4 Å². The third-order valence-corrected chi connectivity index (χ3v) is 4.81. The molecule has 0 aliphatic carbocycles. The molecule has 0 aliphatic rings. The number of aromatic nitrogens is 5. The summed E-state index contributed by atoms with van der Waals surface area (Å²) < 4.78 is 26.9. The van der Waals surface area contributed by atoms with Crippen LogP contribution >= 0.6 is 0 Å². The molecule has 0 aliphatic heterocycles. The van der Waals surface area contributed by atoms with E-state index in [-0.39, 0.29) is 23.7 Å². The topological polar surface area (TPSA) is 104 Å². The van der Waals surface area contributed by atoms with Gasteiger partial charge in [0.15, 0.2) is 23.1 Å². The molecule has 0 radical (unpaired) electrons. The lowest BCUT2D eigenvalue weighted by atomic mass is 10.0. The highest BCUT2D eigenvalue weighted by Gasteiger charge is 2.15. The number of carbonyl (C=O) groups excluding carboxylic acids is 1. The van der Waals surface area contributed by atoms with E-state index in [1.54, 1.807) is 17.9 Å². The van der Waals surface area contributed by atoms with Gasteiger partial charge in [-0.25, -0.2) is 24.0 Å². The zero-order valence-electron chi connectivity index (χ0n) is 18.0. The number of rotatable bonds is 9. The molecule has 2 aromatic carbocycles. The van der Waals surface area contributed by atoms with Crippen LogP contribution in [0.1, 0.15) is 29.3 Å². The molecule has 0 fully saturated rings. The molecule has 1 N–H and O–H groups in total. The van der Waals surface area contributed by atoms with E-state index < -0.39 is 5.82 Å². The lowest BCUT2D eigenvalue weighted by Gasteiger charge is -2.12. The molecule has 0 amide bonds. The van der Waals surface area contributed by atoms with Crippen LogP contribution in [0.25, 0.3) is 5.69 Å². The van der Waals surface area contributed by atoms with Crippen LogP contribution in [0.2, 0.25) is 0 Å². The number of nitrogens with one attached hydrogen (secondary N) is 1. The molecular formula is C23H21FN6O3. The molecule has 0 saturated carbocycles. The van der Waals surface area contributed by atoms with Gasteiger partial charge in [-0.2, -0.15) is 5.10 Å². The van der Waals surface area contributed by atoms with Crippen LogP contribution in [0, 0.1) is 5.82 Å². The summed E-state index contributed by atoms with van der Waals surface area (Å²) in [5.41, 5.74) is 2.25. The van der Waals surface area contributed by atoms with E-state index in [0.717, 1.165) is 11.4 Å². The van der Waals surface area contributed by atoms with E-state index in [9.17, 15) is 9.18 Å². The number of Topliss-reactive ketones (excluding diaryl/α,β-unsaturated/α-hetero) is 1. The summed E-state index contributed by atoms with van der Waals surface area (Å²) in [7, 11) is 1.35. The van der Waals surface area contributed by atoms with Gasteiger partial charge in [-0.3, -0.25) is 4.79 Å². The molecule has 33 heavy (non-hydrogen) atoms. The van der Waals surface area contributed by atoms with E-state index in [0.29, 0.717) is 23.7 Å². The molecule has 0 bridgehead atoms. The highest BCUT2D eigenvalue weighted by Crippen LogP contribution is 2.25. The number of hydrogen-bond acceptors (Lipinski definition) is 8. The number of benzene rings is 2. The minimum Gasteiger partial charge on any atom is -0.494 e. The number of hydrogen-bond donors (Lipinski definition) is 1. The van der Waals surface area contributed by atoms with Crippen molar-refractivity contribution in [3.63, 3.8) is 0 Å². The molecule has 9 nitrogen and oxygen atoms in total. The average molecular weight is 448 g/mol. The van der Waals surface area contributed by atoms with Crippen LogP contribution in [0.4, 0.5) is 16.0 Å². The Labute approximate surface area is 189 Å². The fourth-order valence-electron chi connectivity index (χ4n) is 3.06. The molecule has 0 spiro atoms. The predicted octanol–water partition coefficient (Wildman–Crippen LogP) is 4.12. The molecule has 4 rings (SSSR count). The van der Waals surface area contributed by atoms with Gasteiger partial charge in [0, 0.05) is 23.2 Å². The second-order valence-electron chi connectivity index (χ2n) is 6.97. The van der Waals surface area contributed by atoms with Crippen molar-refractivity contribution in [1.29, 1.82) is 0 Å². The molecule has 2 aromatic heterocycles. The van der Waals surface area contributed by atoms with Gasteiger partial charge in [-0.1, -0.05) is 6.92 Å². The number of nitrogens with zero attached hydrogens (tertiary/aromatic N) is 5. The quantitative estimate of drug-likeness (QED) is 0.381. The van der Waals surface area contributed by atoms with Crippen LogP contribution in [0.15, 0.2) is 61.4 Å². The predicted molar refractivity (Wildman–Crippen MR) is 119 cm³/mol. The lowest BCUT2D eigenvalue weighted by Crippen LogP contribution is -2.06. The van der Waals surface area contributed by atoms with Gasteiger partial charge < -0.3 is 14.8 Å². The van der Waals surface area contributed by atoms with Crippen molar-refractivity contribution in [2.45, 2.75) is 20.0 Å². The van der Waals surface area contributed by atoms with E-state index in [4.69, 9.17) is 9.47 Å². The summed E-state index contributed by atoms with van der Waals surface area (Å²) in [5, 5.41) is 7.17. The number of carbonyl (C=O) groups is 1. The summed E-state index contributed by atoms with van der Waals surface area (Å²) in [6, 6.07) is 10.4. The van der Waals surface area contributed by atoms with Crippen molar-refractivity contribution in [1.82, 2.24) is 24.7 Å². The zero-order chi connectivity index (χ0) is 23.2. The molecule has 10 heteroatoms. The van der Waals surface area contributed by atoms with Gasteiger partial charge in [0.1, 0.15) is 19.3 Å². The maximum Gasteiger partial charge on any atom is 0.227 e. The average Bonchev–Trinajstić information content (AvgIpc) is 3.39. The zero-order valence-corrected chi connectivity index (χ0v) is 18.0. The highest BCUT2D eigenvalue weighted by molar-refractivity contribution is 5.96. The van der Waals surface area contributed by atoms with Crippen LogP contribution in [-0.2, 0) is 6.61 Å². The summed E-state index contributed by atoms with van der Waals surface area (Å²) >= 11 is 0. The molecule has 0 atom stereocenters. The van der Waals surface area contributed by atoms with Gasteiger partial charge in [-0.15, -0.1) is 0 Å².